The molecule has 4 aromatic rings. The van der Waals surface area contributed by atoms with E-state index in [-0.39, 0.29) is 4.90 Å². The number of sulfone groups is 1. The van der Waals surface area contributed by atoms with Gasteiger partial charge in [-0.3, -0.25) is 9.36 Å². The number of unbranched alkanes of at least 4 members (excludes halogenated alkanes) is 1. The van der Waals surface area contributed by atoms with Gasteiger partial charge in [-0.05, 0) is 60.2 Å². The van der Waals surface area contributed by atoms with Gasteiger partial charge in [-0.1, -0.05) is 75.7 Å². The average molecular weight is 547 g/mol. The number of hydrogen-bond acceptors (Lipinski definition) is 6. The Morgan fingerprint density at radius 2 is 1.51 bits per heavy atom. The van der Waals surface area contributed by atoms with E-state index in [0.29, 0.717) is 43.1 Å². The molecule has 0 radical (unpaired) electrons. The lowest BCUT2D eigenvalue weighted by Crippen LogP contribution is -2.30. The maximum Gasteiger partial charge on any atom is 0.281 e. The molecule has 0 spiro atoms. The molecular formula is C31H34N2O5S. The lowest BCUT2D eigenvalue weighted by Gasteiger charge is -2.20. The number of para-hydroxylation sites is 1. The van der Waals surface area contributed by atoms with E-state index in [9.17, 15) is 18.3 Å². The van der Waals surface area contributed by atoms with Crippen molar-refractivity contribution in [3.05, 3.63) is 106 Å². The first-order chi connectivity index (χ1) is 18.8. The van der Waals surface area contributed by atoms with Crippen molar-refractivity contribution in [3.63, 3.8) is 0 Å². The number of hydrogen-bond donors (Lipinski definition) is 1. The summed E-state index contributed by atoms with van der Waals surface area (Å²) in [6.07, 6.45) is 3.31. The quantitative estimate of drug-likeness (QED) is 0.255. The molecule has 39 heavy (non-hydrogen) atoms. The molecule has 1 aromatic heterocycles. The van der Waals surface area contributed by atoms with Crippen LogP contribution in [0.5, 0.6) is 11.6 Å². The van der Waals surface area contributed by atoms with Crippen LogP contribution in [-0.4, -0.2) is 23.1 Å². The molecule has 7 nitrogen and oxygen atoms in total. The van der Waals surface area contributed by atoms with Gasteiger partial charge in [0, 0.05) is 6.42 Å². The zero-order chi connectivity index (χ0) is 28.0. The molecule has 0 saturated carbocycles. The minimum atomic E-state index is -4.39. The Labute approximate surface area is 229 Å². The summed E-state index contributed by atoms with van der Waals surface area (Å²) in [7, 11) is -4.39. The van der Waals surface area contributed by atoms with E-state index in [4.69, 9.17) is 4.74 Å². The zero-order valence-electron chi connectivity index (χ0n) is 22.6. The van der Waals surface area contributed by atoms with Crippen LogP contribution in [-0.2, 0) is 35.7 Å². The fourth-order valence-electron chi connectivity index (χ4n) is 4.58. The van der Waals surface area contributed by atoms with E-state index < -0.39 is 26.2 Å². The Bertz CT molecular complexity index is 1570. The Hall–Kier alpha value is -3.91. The Kier molecular flexibility index (Phi) is 8.86. The van der Waals surface area contributed by atoms with E-state index in [0.717, 1.165) is 29.5 Å². The molecule has 0 fully saturated rings. The van der Waals surface area contributed by atoms with Crippen molar-refractivity contribution in [2.75, 3.05) is 0 Å². The number of rotatable bonds is 11. The maximum absolute atomic E-state index is 14.0. The van der Waals surface area contributed by atoms with Crippen molar-refractivity contribution >= 4 is 9.84 Å². The number of aryl methyl sites for hydroxylation is 3. The van der Waals surface area contributed by atoms with Gasteiger partial charge in [-0.15, -0.1) is 0 Å². The third kappa shape index (κ3) is 5.91. The molecule has 0 amide bonds. The highest BCUT2D eigenvalue weighted by Crippen LogP contribution is 2.29. The maximum atomic E-state index is 14.0. The first-order valence-corrected chi connectivity index (χ1v) is 14.8. The van der Waals surface area contributed by atoms with Crippen LogP contribution in [0.2, 0.25) is 0 Å². The first kappa shape index (κ1) is 28.1. The van der Waals surface area contributed by atoms with Gasteiger partial charge in [-0.25, -0.2) is 8.42 Å². The van der Waals surface area contributed by atoms with Crippen molar-refractivity contribution < 1.29 is 18.3 Å². The second kappa shape index (κ2) is 12.3. The molecule has 0 aliphatic carbocycles. The second-order valence-electron chi connectivity index (χ2n) is 9.31. The molecule has 0 atom stereocenters. The Morgan fingerprint density at radius 3 is 2.10 bits per heavy atom. The number of ether oxygens (including phenoxy) is 1. The summed E-state index contributed by atoms with van der Waals surface area (Å²) in [5.74, 6) is 0.0503. The molecule has 204 valence electrons. The molecule has 0 unspecified atom stereocenters. The van der Waals surface area contributed by atoms with E-state index in [1.54, 1.807) is 0 Å². The second-order valence-corrected chi connectivity index (χ2v) is 11.2. The van der Waals surface area contributed by atoms with Crippen LogP contribution in [0.4, 0.5) is 0 Å². The van der Waals surface area contributed by atoms with Crippen LogP contribution in [0.3, 0.4) is 0 Å². The monoisotopic (exact) mass is 546 g/mol. The van der Waals surface area contributed by atoms with E-state index in [1.807, 2.05) is 69.3 Å². The lowest BCUT2D eigenvalue weighted by atomic mass is 10.0. The SMILES string of the molecule is CCCCc1nc(O)c(S(=O)(=O)c2ccc(OCc3ccccc3)cc2)c(=O)n1-c1c(CC)cccc1CC. The van der Waals surface area contributed by atoms with E-state index >= 15 is 0 Å². The molecule has 8 heteroatoms. The number of aromatic nitrogens is 2. The normalized spacial score (nSPS) is 11.5. The van der Waals surface area contributed by atoms with Crippen LogP contribution >= 0.6 is 0 Å². The fourth-order valence-corrected chi connectivity index (χ4v) is 5.92. The molecule has 4 rings (SSSR count). The van der Waals surface area contributed by atoms with Gasteiger partial charge >= 0.3 is 0 Å². The highest BCUT2D eigenvalue weighted by molar-refractivity contribution is 7.91. The van der Waals surface area contributed by atoms with Crippen molar-refractivity contribution in [1.82, 2.24) is 9.55 Å². The van der Waals surface area contributed by atoms with Crippen LogP contribution in [0, 0.1) is 0 Å². The van der Waals surface area contributed by atoms with E-state index in [2.05, 4.69) is 4.98 Å². The van der Waals surface area contributed by atoms with Crippen molar-refractivity contribution in [2.24, 2.45) is 0 Å². The summed E-state index contributed by atoms with van der Waals surface area (Å²) < 4.78 is 34.6. The van der Waals surface area contributed by atoms with Gasteiger partial charge in [-0.2, -0.15) is 4.98 Å². The summed E-state index contributed by atoms with van der Waals surface area (Å²) in [4.78, 5) is 17.4. The number of aromatic hydroxyl groups is 1. The molecular weight excluding hydrogens is 512 g/mol. The van der Waals surface area contributed by atoms with Crippen LogP contribution in [0.15, 0.2) is 87.4 Å². The predicted molar refractivity (Wildman–Crippen MR) is 152 cm³/mol. The Balaban J connectivity index is 1.80. The summed E-state index contributed by atoms with van der Waals surface area (Å²) in [5.41, 5.74) is 2.64. The average Bonchev–Trinajstić information content (AvgIpc) is 2.95. The first-order valence-electron chi connectivity index (χ1n) is 13.3. The van der Waals surface area contributed by atoms with Crippen molar-refractivity contribution in [3.8, 4) is 17.3 Å². The van der Waals surface area contributed by atoms with Gasteiger partial charge in [0.05, 0.1) is 10.6 Å². The van der Waals surface area contributed by atoms with Gasteiger partial charge in [0.1, 0.15) is 18.2 Å². The highest BCUT2D eigenvalue weighted by Gasteiger charge is 2.30. The molecule has 3 aromatic carbocycles. The Morgan fingerprint density at radius 1 is 0.872 bits per heavy atom. The zero-order valence-corrected chi connectivity index (χ0v) is 23.4. The van der Waals surface area contributed by atoms with Crippen LogP contribution < -0.4 is 10.3 Å². The molecule has 0 aliphatic heterocycles. The third-order valence-electron chi connectivity index (χ3n) is 6.69. The molecule has 0 bridgehead atoms. The van der Waals surface area contributed by atoms with Gasteiger partial charge in [0.15, 0.2) is 4.90 Å². The van der Waals surface area contributed by atoms with Crippen LogP contribution in [0.25, 0.3) is 5.69 Å². The van der Waals surface area contributed by atoms with E-state index in [1.165, 1.54) is 28.8 Å². The standard InChI is InChI=1S/C31H34N2O5S/c1-4-7-16-27-32-30(34)29(31(35)33(27)28-23(5-2)14-11-15-24(28)6-3)39(36,37)26-19-17-25(18-20-26)38-21-22-12-9-8-10-13-22/h8-15,17-20,34H,4-7,16,21H2,1-3H3. The molecule has 1 N–H and O–H groups in total. The van der Waals surface area contributed by atoms with Crippen molar-refractivity contribution in [1.29, 1.82) is 0 Å². The highest BCUT2D eigenvalue weighted by atomic mass is 32.2. The lowest BCUT2D eigenvalue weighted by molar-refractivity contribution is 0.306. The fraction of sp³-hybridized carbons (Fsp3) is 0.290. The van der Waals surface area contributed by atoms with Gasteiger partial charge in [0.25, 0.3) is 5.56 Å². The minimum Gasteiger partial charge on any atom is -0.492 e. The summed E-state index contributed by atoms with van der Waals surface area (Å²) in [6, 6.07) is 21.2. The van der Waals surface area contributed by atoms with Crippen LogP contribution in [0.1, 0.15) is 56.1 Å². The minimum absolute atomic E-state index is 0.129. The smallest absolute Gasteiger partial charge is 0.281 e. The van der Waals surface area contributed by atoms with Crippen molar-refractivity contribution in [2.45, 2.75) is 69.3 Å². The molecule has 1 heterocycles. The summed E-state index contributed by atoms with van der Waals surface area (Å²) >= 11 is 0. The molecule has 0 saturated heterocycles. The third-order valence-corrected chi connectivity index (χ3v) is 8.47. The number of nitrogens with zero attached hydrogens (tertiary/aromatic N) is 2. The van der Waals surface area contributed by atoms with Gasteiger partial charge < -0.3 is 9.84 Å². The largest absolute Gasteiger partial charge is 0.492 e. The summed E-state index contributed by atoms with van der Waals surface area (Å²) in [6.45, 7) is 6.33. The van der Waals surface area contributed by atoms with Gasteiger partial charge in [0.2, 0.25) is 15.7 Å². The topological polar surface area (TPSA) is 98.5 Å². The molecule has 0 aliphatic rings. The predicted octanol–water partition coefficient (Wildman–Crippen LogP) is 5.82. The number of benzene rings is 3. The summed E-state index contributed by atoms with van der Waals surface area (Å²) in [5, 5.41) is 10.8.